The number of fused-ring (bicyclic) bond motifs is 2. The smallest absolute Gasteiger partial charge is 0.315 e. The van der Waals surface area contributed by atoms with Crippen molar-refractivity contribution in [3.05, 3.63) is 24.5 Å². The summed E-state index contributed by atoms with van der Waals surface area (Å²) in [4.78, 5) is 12.1. The molecule has 1 aliphatic heterocycles. The third kappa shape index (κ3) is 2.06. The first-order chi connectivity index (χ1) is 10.3. The van der Waals surface area contributed by atoms with E-state index >= 15 is 0 Å². The van der Waals surface area contributed by atoms with Gasteiger partial charge in [0.2, 0.25) is 0 Å². The number of ether oxygens (including phenoxy) is 1. The molecule has 5 nitrogen and oxygen atoms in total. The minimum Gasteiger partial charge on any atom is -0.377 e. The zero-order valence-corrected chi connectivity index (χ0v) is 12.3. The first-order valence-corrected chi connectivity index (χ1v) is 8.06. The van der Waals surface area contributed by atoms with Crippen LogP contribution >= 0.6 is 0 Å². The van der Waals surface area contributed by atoms with Crippen LogP contribution in [0.5, 0.6) is 0 Å². The monoisotopic (exact) mass is 289 g/mol. The van der Waals surface area contributed by atoms with E-state index in [1.807, 2.05) is 24.5 Å². The van der Waals surface area contributed by atoms with Crippen LogP contribution in [-0.4, -0.2) is 35.9 Å². The number of carbonyl (C=O) groups is 1. The highest BCUT2D eigenvalue weighted by atomic mass is 16.5. The molecule has 0 radical (unpaired) electrons. The van der Waals surface area contributed by atoms with E-state index < -0.39 is 0 Å². The van der Waals surface area contributed by atoms with Crippen LogP contribution in [0.2, 0.25) is 0 Å². The average molecular weight is 289 g/mol. The fraction of sp³-hybridized carbons (Fsp3) is 0.688. The van der Waals surface area contributed by atoms with Crippen molar-refractivity contribution in [3.63, 3.8) is 0 Å². The van der Waals surface area contributed by atoms with Crippen LogP contribution in [0.15, 0.2) is 24.5 Å². The Hall–Kier alpha value is -1.49. The lowest BCUT2D eigenvalue weighted by molar-refractivity contribution is -0.172. The van der Waals surface area contributed by atoms with Crippen LogP contribution in [0.4, 0.5) is 4.79 Å². The van der Waals surface area contributed by atoms with Gasteiger partial charge >= 0.3 is 6.03 Å². The van der Waals surface area contributed by atoms with E-state index in [4.69, 9.17) is 4.74 Å². The van der Waals surface area contributed by atoms with Gasteiger partial charge in [0, 0.05) is 49.5 Å². The molecule has 0 bridgehead atoms. The second-order valence-corrected chi connectivity index (χ2v) is 6.63. The molecule has 2 heterocycles. The third-order valence-electron chi connectivity index (χ3n) is 5.64. The summed E-state index contributed by atoms with van der Waals surface area (Å²) >= 11 is 0. The van der Waals surface area contributed by atoms with Gasteiger partial charge in [0.05, 0.1) is 6.10 Å². The number of amides is 2. The van der Waals surface area contributed by atoms with Gasteiger partial charge in [-0.05, 0) is 31.4 Å². The minimum absolute atomic E-state index is 0.0243. The van der Waals surface area contributed by atoms with Gasteiger partial charge < -0.3 is 19.9 Å². The highest BCUT2D eigenvalue weighted by Crippen LogP contribution is 2.62. The normalized spacial score (nSPS) is 32.1. The Morgan fingerprint density at radius 1 is 1.33 bits per heavy atom. The van der Waals surface area contributed by atoms with Crippen LogP contribution in [0, 0.1) is 11.3 Å². The van der Waals surface area contributed by atoms with E-state index in [1.165, 1.54) is 19.3 Å². The quantitative estimate of drug-likeness (QED) is 0.887. The van der Waals surface area contributed by atoms with Gasteiger partial charge in [-0.25, -0.2) is 4.79 Å². The predicted molar refractivity (Wildman–Crippen MR) is 78.9 cm³/mol. The Morgan fingerprint density at radius 2 is 2.14 bits per heavy atom. The summed E-state index contributed by atoms with van der Waals surface area (Å²) in [6.45, 7) is 2.33. The van der Waals surface area contributed by atoms with Crippen molar-refractivity contribution in [2.24, 2.45) is 11.3 Å². The molecule has 114 valence electrons. The van der Waals surface area contributed by atoms with E-state index in [-0.39, 0.29) is 11.4 Å². The van der Waals surface area contributed by atoms with Gasteiger partial charge in [0.1, 0.15) is 0 Å². The van der Waals surface area contributed by atoms with Gasteiger partial charge in [-0.3, -0.25) is 0 Å². The van der Waals surface area contributed by atoms with E-state index in [0.29, 0.717) is 24.6 Å². The fourth-order valence-corrected chi connectivity index (χ4v) is 4.47. The maximum absolute atomic E-state index is 12.1. The molecule has 3 aliphatic rings. The van der Waals surface area contributed by atoms with Crippen molar-refractivity contribution in [3.8, 4) is 0 Å². The maximum Gasteiger partial charge on any atom is 0.315 e. The second kappa shape index (κ2) is 5.05. The largest absolute Gasteiger partial charge is 0.377 e. The van der Waals surface area contributed by atoms with Crippen molar-refractivity contribution in [1.82, 2.24) is 15.2 Å². The van der Waals surface area contributed by atoms with Crippen LogP contribution in [0.3, 0.4) is 0 Å². The molecule has 1 spiro atoms. The number of aromatic nitrogens is 1. The van der Waals surface area contributed by atoms with Gasteiger partial charge in [-0.1, -0.05) is 6.42 Å². The molecule has 2 saturated carbocycles. The molecule has 3 fully saturated rings. The average Bonchev–Trinajstić information content (AvgIpc) is 3.05. The van der Waals surface area contributed by atoms with E-state index in [9.17, 15) is 4.79 Å². The van der Waals surface area contributed by atoms with Crippen molar-refractivity contribution in [2.45, 2.75) is 44.4 Å². The van der Waals surface area contributed by atoms with Crippen molar-refractivity contribution in [1.29, 1.82) is 0 Å². The topological polar surface area (TPSA) is 55.3 Å². The first kappa shape index (κ1) is 13.2. The third-order valence-corrected chi connectivity index (χ3v) is 5.64. The van der Waals surface area contributed by atoms with Crippen LogP contribution < -0.4 is 10.6 Å². The number of nitrogens with zero attached hydrogens (tertiary/aromatic N) is 1. The number of nitrogens with one attached hydrogen (secondary N) is 2. The van der Waals surface area contributed by atoms with Gasteiger partial charge in [-0.2, -0.15) is 0 Å². The van der Waals surface area contributed by atoms with Crippen LogP contribution in [0.25, 0.3) is 0 Å². The Balaban J connectivity index is 1.28. The van der Waals surface area contributed by atoms with Crippen molar-refractivity contribution in [2.75, 3.05) is 13.2 Å². The van der Waals surface area contributed by atoms with E-state index in [2.05, 4.69) is 15.2 Å². The Kier molecular flexibility index (Phi) is 3.17. The molecule has 5 heteroatoms. The number of rotatable bonds is 4. The lowest BCUT2D eigenvalue weighted by Gasteiger charge is -2.63. The van der Waals surface area contributed by atoms with Crippen LogP contribution in [-0.2, 0) is 11.3 Å². The molecule has 1 aromatic rings. The Bertz CT molecular complexity index is 510. The van der Waals surface area contributed by atoms with Gasteiger partial charge in [-0.15, -0.1) is 0 Å². The summed E-state index contributed by atoms with van der Waals surface area (Å²) in [5.41, 5.74) is 0.263. The summed E-state index contributed by atoms with van der Waals surface area (Å²) < 4.78 is 7.94. The predicted octanol–water partition coefficient (Wildman–Crippen LogP) is 1.74. The molecule has 2 aliphatic carbocycles. The summed E-state index contributed by atoms with van der Waals surface area (Å²) in [5, 5.41) is 6.20. The molecule has 0 aromatic carbocycles. The van der Waals surface area contributed by atoms with Gasteiger partial charge in [0.15, 0.2) is 0 Å². The Labute approximate surface area is 125 Å². The van der Waals surface area contributed by atoms with E-state index in [1.54, 1.807) is 0 Å². The van der Waals surface area contributed by atoms with Gasteiger partial charge in [0.25, 0.3) is 0 Å². The summed E-state index contributed by atoms with van der Waals surface area (Å²) in [6, 6.07) is 4.29. The number of hydrogen-bond donors (Lipinski definition) is 2. The van der Waals surface area contributed by atoms with E-state index in [0.717, 1.165) is 19.6 Å². The summed E-state index contributed by atoms with van der Waals surface area (Å²) in [5.74, 6) is 0.542. The lowest BCUT2D eigenvalue weighted by Crippen LogP contribution is -2.72. The molecular formula is C16H23N3O2. The molecule has 2 N–H and O–H groups in total. The number of urea groups is 1. The minimum atomic E-state index is -0.0243. The maximum atomic E-state index is 12.1. The molecule has 4 rings (SSSR count). The van der Waals surface area contributed by atoms with Crippen LogP contribution in [0.1, 0.15) is 25.7 Å². The standard InChI is InChI=1S/C16H23N3O2/c20-15(17-7-10-19-8-1-2-9-19)18-13-12-4-11-21-14(12)16(13)5-3-6-16/h1-2,8-9,12-14H,3-7,10-11H2,(H2,17,18,20)/t12-,13-,14+/m1/s1. The first-order valence-electron chi connectivity index (χ1n) is 8.06. The van der Waals surface area contributed by atoms with Crippen molar-refractivity contribution >= 4 is 6.03 Å². The summed E-state index contributed by atoms with van der Waals surface area (Å²) in [7, 11) is 0. The highest BCUT2D eigenvalue weighted by molar-refractivity contribution is 5.74. The highest BCUT2D eigenvalue weighted by Gasteiger charge is 2.66. The molecule has 1 saturated heterocycles. The van der Waals surface area contributed by atoms with Crippen molar-refractivity contribution < 1.29 is 9.53 Å². The zero-order valence-electron chi connectivity index (χ0n) is 12.3. The summed E-state index contributed by atoms with van der Waals surface area (Å²) in [6.07, 6.45) is 9.23. The molecule has 3 atom stereocenters. The SMILES string of the molecule is O=C(NCCn1cccc1)N[C@@H]1[C@H]2CCO[C@@H]2C12CCC2. The molecule has 2 amide bonds. The lowest BCUT2D eigenvalue weighted by atomic mass is 9.46. The Morgan fingerprint density at radius 3 is 2.86 bits per heavy atom. The molecule has 0 unspecified atom stereocenters. The molecule has 1 aromatic heterocycles. The number of carbonyl (C=O) groups excluding carboxylic acids is 1. The molecular weight excluding hydrogens is 266 g/mol. The molecule has 21 heavy (non-hydrogen) atoms. The second-order valence-electron chi connectivity index (χ2n) is 6.63. The fourth-order valence-electron chi connectivity index (χ4n) is 4.47. The number of hydrogen-bond acceptors (Lipinski definition) is 2. The zero-order chi connectivity index (χ0) is 14.3.